The standard InChI is InChI=1S/C20H25NO3/c1-13-9-17(14(2)24-13)12-21-20(22)11-16-6-4-5-15-10-18(23-3)7-8-19(15)16/h7-10,16H,4-6,11-12H2,1-3H3,(H,21,22). The molecule has 1 aromatic carbocycles. The number of rotatable bonds is 5. The van der Waals surface area contributed by atoms with Gasteiger partial charge in [-0.1, -0.05) is 6.07 Å². The predicted molar refractivity (Wildman–Crippen MR) is 93.3 cm³/mol. The summed E-state index contributed by atoms with van der Waals surface area (Å²) in [7, 11) is 1.69. The molecule has 0 saturated heterocycles. The van der Waals surface area contributed by atoms with Crippen molar-refractivity contribution >= 4 is 5.91 Å². The third-order valence-electron chi connectivity index (χ3n) is 4.84. The van der Waals surface area contributed by atoms with Crippen molar-refractivity contribution in [2.75, 3.05) is 7.11 Å². The zero-order chi connectivity index (χ0) is 17.1. The first kappa shape index (κ1) is 16.6. The summed E-state index contributed by atoms with van der Waals surface area (Å²) in [4.78, 5) is 12.4. The van der Waals surface area contributed by atoms with Crippen LogP contribution in [0.25, 0.3) is 0 Å². The molecule has 1 heterocycles. The Morgan fingerprint density at radius 1 is 1.33 bits per heavy atom. The molecule has 1 atom stereocenters. The van der Waals surface area contributed by atoms with Crippen LogP contribution in [0.15, 0.2) is 28.7 Å². The minimum atomic E-state index is 0.0990. The van der Waals surface area contributed by atoms with Gasteiger partial charge in [0.25, 0.3) is 0 Å². The number of nitrogens with one attached hydrogen (secondary N) is 1. The summed E-state index contributed by atoms with van der Waals surface area (Å²) in [5.74, 6) is 3.05. The molecule has 3 rings (SSSR count). The molecule has 0 bridgehead atoms. The minimum absolute atomic E-state index is 0.0990. The van der Waals surface area contributed by atoms with E-state index in [0.717, 1.165) is 42.1 Å². The molecule has 2 aromatic rings. The third-order valence-corrected chi connectivity index (χ3v) is 4.84. The fourth-order valence-corrected chi connectivity index (χ4v) is 3.58. The third kappa shape index (κ3) is 3.64. The first-order valence-electron chi connectivity index (χ1n) is 8.56. The van der Waals surface area contributed by atoms with Gasteiger partial charge in [0.05, 0.1) is 7.11 Å². The summed E-state index contributed by atoms with van der Waals surface area (Å²) in [6.45, 7) is 4.38. The van der Waals surface area contributed by atoms with E-state index in [-0.39, 0.29) is 5.91 Å². The van der Waals surface area contributed by atoms with Crippen LogP contribution < -0.4 is 10.1 Å². The smallest absolute Gasteiger partial charge is 0.220 e. The summed E-state index contributed by atoms with van der Waals surface area (Å²) >= 11 is 0. The molecule has 0 spiro atoms. The number of hydrogen-bond acceptors (Lipinski definition) is 3. The number of carbonyl (C=O) groups excluding carboxylic acids is 1. The number of aryl methyl sites for hydroxylation is 3. The number of fused-ring (bicyclic) bond motifs is 1. The quantitative estimate of drug-likeness (QED) is 0.902. The van der Waals surface area contributed by atoms with Gasteiger partial charge in [0.2, 0.25) is 5.91 Å². The zero-order valence-corrected chi connectivity index (χ0v) is 14.6. The van der Waals surface area contributed by atoms with Crippen LogP contribution in [0.4, 0.5) is 0 Å². The van der Waals surface area contributed by atoms with Crippen molar-refractivity contribution < 1.29 is 13.9 Å². The van der Waals surface area contributed by atoms with Gasteiger partial charge < -0.3 is 14.5 Å². The zero-order valence-electron chi connectivity index (χ0n) is 14.6. The van der Waals surface area contributed by atoms with Gasteiger partial charge >= 0.3 is 0 Å². The molecule has 1 N–H and O–H groups in total. The Hall–Kier alpha value is -2.23. The van der Waals surface area contributed by atoms with Gasteiger partial charge in [0.1, 0.15) is 17.3 Å². The van der Waals surface area contributed by atoms with E-state index in [4.69, 9.17) is 9.15 Å². The lowest BCUT2D eigenvalue weighted by Crippen LogP contribution is -2.26. The molecule has 1 amide bonds. The van der Waals surface area contributed by atoms with Crippen LogP contribution in [0.2, 0.25) is 0 Å². The Labute approximate surface area is 143 Å². The molecule has 4 heteroatoms. The highest BCUT2D eigenvalue weighted by atomic mass is 16.5. The molecule has 1 aromatic heterocycles. The van der Waals surface area contributed by atoms with E-state index in [1.807, 2.05) is 26.0 Å². The van der Waals surface area contributed by atoms with Gasteiger partial charge in [0.15, 0.2) is 0 Å². The monoisotopic (exact) mass is 327 g/mol. The summed E-state index contributed by atoms with van der Waals surface area (Å²) < 4.78 is 10.8. The van der Waals surface area contributed by atoms with Crippen molar-refractivity contribution in [3.63, 3.8) is 0 Å². The number of ether oxygens (including phenoxy) is 1. The first-order valence-corrected chi connectivity index (χ1v) is 8.56. The second-order valence-electron chi connectivity index (χ2n) is 6.57. The van der Waals surface area contributed by atoms with Crippen LogP contribution in [0, 0.1) is 13.8 Å². The average molecular weight is 327 g/mol. The van der Waals surface area contributed by atoms with Crippen LogP contribution >= 0.6 is 0 Å². The van der Waals surface area contributed by atoms with Gasteiger partial charge in [-0.25, -0.2) is 0 Å². The van der Waals surface area contributed by atoms with Crippen molar-refractivity contribution in [2.45, 2.75) is 52.0 Å². The van der Waals surface area contributed by atoms with Gasteiger partial charge in [-0.2, -0.15) is 0 Å². The number of carbonyl (C=O) groups is 1. The number of hydrogen-bond donors (Lipinski definition) is 1. The second kappa shape index (κ2) is 7.12. The number of furan rings is 1. The van der Waals surface area contributed by atoms with E-state index in [0.29, 0.717) is 18.9 Å². The van der Waals surface area contributed by atoms with E-state index in [1.165, 1.54) is 11.1 Å². The van der Waals surface area contributed by atoms with Crippen LogP contribution in [0.5, 0.6) is 5.75 Å². The number of methoxy groups -OCH3 is 1. The molecule has 0 saturated carbocycles. The van der Waals surface area contributed by atoms with Crippen LogP contribution in [0.3, 0.4) is 0 Å². The Kier molecular flexibility index (Phi) is 4.93. The molecule has 0 aliphatic heterocycles. The fourth-order valence-electron chi connectivity index (χ4n) is 3.58. The summed E-state index contributed by atoms with van der Waals surface area (Å²) in [6.07, 6.45) is 3.79. The summed E-state index contributed by atoms with van der Waals surface area (Å²) in [5, 5.41) is 3.03. The molecule has 1 aliphatic rings. The summed E-state index contributed by atoms with van der Waals surface area (Å²) in [6, 6.07) is 8.20. The van der Waals surface area contributed by atoms with Crippen LogP contribution in [0.1, 0.15) is 53.4 Å². The van der Waals surface area contributed by atoms with Gasteiger partial charge in [-0.15, -0.1) is 0 Å². The fraction of sp³-hybridized carbons (Fsp3) is 0.450. The maximum Gasteiger partial charge on any atom is 0.220 e. The highest BCUT2D eigenvalue weighted by Crippen LogP contribution is 2.35. The molecular weight excluding hydrogens is 302 g/mol. The van der Waals surface area contributed by atoms with Crippen LogP contribution in [-0.4, -0.2) is 13.0 Å². The lowest BCUT2D eigenvalue weighted by atomic mass is 9.81. The molecule has 24 heavy (non-hydrogen) atoms. The SMILES string of the molecule is COc1ccc2c(c1)CCCC2CC(=O)NCc1cc(C)oc1C. The molecule has 1 aliphatic carbocycles. The van der Waals surface area contributed by atoms with Gasteiger partial charge in [-0.05, 0) is 68.4 Å². The Morgan fingerprint density at radius 2 is 2.17 bits per heavy atom. The van der Waals surface area contributed by atoms with E-state index in [1.54, 1.807) is 7.11 Å². The molecule has 4 nitrogen and oxygen atoms in total. The predicted octanol–water partition coefficient (Wildman–Crippen LogP) is 4.03. The molecule has 1 unspecified atom stereocenters. The van der Waals surface area contributed by atoms with E-state index in [2.05, 4.69) is 17.4 Å². The number of benzene rings is 1. The molecule has 0 fully saturated rings. The van der Waals surface area contributed by atoms with Crippen molar-refractivity contribution in [3.8, 4) is 5.75 Å². The topological polar surface area (TPSA) is 51.5 Å². The second-order valence-corrected chi connectivity index (χ2v) is 6.57. The van der Waals surface area contributed by atoms with Gasteiger partial charge in [-0.3, -0.25) is 4.79 Å². The molecule has 0 radical (unpaired) electrons. The maximum absolute atomic E-state index is 12.4. The molecule has 128 valence electrons. The summed E-state index contributed by atoms with van der Waals surface area (Å²) in [5.41, 5.74) is 3.67. The maximum atomic E-state index is 12.4. The molecular formula is C20H25NO3. The Bertz CT molecular complexity index is 732. The minimum Gasteiger partial charge on any atom is -0.497 e. The van der Waals surface area contributed by atoms with E-state index in [9.17, 15) is 4.79 Å². The van der Waals surface area contributed by atoms with E-state index >= 15 is 0 Å². The number of amides is 1. The lowest BCUT2D eigenvalue weighted by Gasteiger charge is -2.25. The van der Waals surface area contributed by atoms with Crippen molar-refractivity contribution in [1.82, 2.24) is 5.32 Å². The van der Waals surface area contributed by atoms with Crippen LogP contribution in [-0.2, 0) is 17.8 Å². The highest BCUT2D eigenvalue weighted by Gasteiger charge is 2.23. The Morgan fingerprint density at radius 3 is 2.88 bits per heavy atom. The van der Waals surface area contributed by atoms with Gasteiger partial charge in [0, 0.05) is 18.5 Å². The normalized spacial score (nSPS) is 16.5. The van der Waals surface area contributed by atoms with Crippen molar-refractivity contribution in [1.29, 1.82) is 0 Å². The first-order chi connectivity index (χ1) is 11.6. The lowest BCUT2D eigenvalue weighted by molar-refractivity contribution is -0.121. The Balaban J connectivity index is 1.62. The van der Waals surface area contributed by atoms with Crippen molar-refractivity contribution in [3.05, 3.63) is 52.5 Å². The average Bonchev–Trinajstić information content (AvgIpc) is 2.90. The van der Waals surface area contributed by atoms with E-state index < -0.39 is 0 Å². The largest absolute Gasteiger partial charge is 0.497 e. The highest BCUT2D eigenvalue weighted by molar-refractivity contribution is 5.77. The van der Waals surface area contributed by atoms with Crippen molar-refractivity contribution in [2.24, 2.45) is 0 Å².